The van der Waals surface area contributed by atoms with Crippen LogP contribution < -0.4 is 5.32 Å². The smallest absolute Gasteiger partial charge is 0.350 e. The number of nitrogens with one attached hydrogen (secondary N) is 1. The van der Waals surface area contributed by atoms with E-state index in [4.69, 9.17) is 16.3 Å². The zero-order valence-corrected chi connectivity index (χ0v) is 16.7. The van der Waals surface area contributed by atoms with Crippen LogP contribution in [0.2, 0.25) is 5.02 Å². The molecule has 2 heterocycles. The number of pyridine rings is 1. The second kappa shape index (κ2) is 9.43. The molecule has 28 heavy (non-hydrogen) atoms. The van der Waals surface area contributed by atoms with Crippen LogP contribution >= 0.6 is 22.9 Å². The number of hydrogen-bond acceptors (Lipinski definition) is 6. The van der Waals surface area contributed by atoms with Crippen molar-refractivity contribution >= 4 is 34.8 Å². The predicted octanol–water partition coefficient (Wildman–Crippen LogP) is 3.68. The van der Waals surface area contributed by atoms with Crippen LogP contribution in [-0.2, 0) is 16.0 Å². The van der Waals surface area contributed by atoms with Gasteiger partial charge >= 0.3 is 5.97 Å². The second-order valence-corrected chi connectivity index (χ2v) is 7.39. The fourth-order valence-corrected chi connectivity index (χ4v) is 3.62. The zero-order chi connectivity index (χ0) is 19.9. The molecule has 8 heteroatoms. The van der Waals surface area contributed by atoms with Crippen LogP contribution in [0.5, 0.6) is 0 Å². The van der Waals surface area contributed by atoms with Gasteiger partial charge in [0.05, 0.1) is 11.4 Å². The van der Waals surface area contributed by atoms with Crippen LogP contribution in [0.25, 0.3) is 10.7 Å². The number of benzene rings is 1. The van der Waals surface area contributed by atoms with Crippen molar-refractivity contribution in [2.45, 2.75) is 13.3 Å². The molecule has 144 valence electrons. The molecule has 1 N–H and O–H groups in total. The summed E-state index contributed by atoms with van der Waals surface area (Å²) >= 11 is 7.13. The fourth-order valence-electron chi connectivity index (χ4n) is 2.47. The third-order valence-electron chi connectivity index (χ3n) is 3.83. The Morgan fingerprint density at radius 1 is 1.21 bits per heavy atom. The van der Waals surface area contributed by atoms with Gasteiger partial charge in [-0.15, -0.1) is 11.3 Å². The maximum absolute atomic E-state index is 12.3. The number of ether oxygens (including phenoxy) is 1. The lowest BCUT2D eigenvalue weighted by molar-refractivity contribution is -0.124. The van der Waals surface area contributed by atoms with Crippen LogP contribution in [0.15, 0.2) is 48.7 Å². The summed E-state index contributed by atoms with van der Waals surface area (Å²) in [7, 11) is 0. The van der Waals surface area contributed by atoms with E-state index in [0.717, 1.165) is 5.56 Å². The topological polar surface area (TPSA) is 81.2 Å². The van der Waals surface area contributed by atoms with Gasteiger partial charge in [0.25, 0.3) is 5.91 Å². The Labute approximate surface area is 171 Å². The van der Waals surface area contributed by atoms with Crippen molar-refractivity contribution in [3.63, 3.8) is 0 Å². The summed E-state index contributed by atoms with van der Waals surface area (Å²) in [6.07, 6.45) is 2.30. The summed E-state index contributed by atoms with van der Waals surface area (Å²) in [5.41, 5.74) is 2.26. The van der Waals surface area contributed by atoms with Crippen molar-refractivity contribution in [3.05, 3.63) is 69.8 Å². The maximum atomic E-state index is 12.3. The summed E-state index contributed by atoms with van der Waals surface area (Å²) in [6.45, 7) is 1.81. The molecule has 0 unspecified atom stereocenters. The molecule has 3 rings (SSSR count). The number of aromatic nitrogens is 2. The van der Waals surface area contributed by atoms with Crippen molar-refractivity contribution < 1.29 is 14.3 Å². The standard InChI is InChI=1S/C20H18ClN3O3S/c1-13-18(28-19(24-13)16-7-2-3-9-22-16)20(26)27-12-17(25)23-10-8-14-5-4-6-15(21)11-14/h2-7,9,11H,8,10,12H2,1H3,(H,23,25). The number of hydrogen-bond donors (Lipinski definition) is 1. The molecule has 3 aromatic rings. The van der Waals surface area contributed by atoms with Crippen LogP contribution in [0.4, 0.5) is 0 Å². The van der Waals surface area contributed by atoms with E-state index in [-0.39, 0.29) is 12.5 Å². The molecular formula is C20H18ClN3O3S. The van der Waals surface area contributed by atoms with Crippen molar-refractivity contribution in [2.75, 3.05) is 13.2 Å². The molecule has 6 nitrogen and oxygen atoms in total. The molecule has 0 fully saturated rings. The molecular weight excluding hydrogens is 398 g/mol. The minimum atomic E-state index is -0.567. The van der Waals surface area contributed by atoms with Crippen LogP contribution in [0.1, 0.15) is 20.9 Å². The lowest BCUT2D eigenvalue weighted by Crippen LogP contribution is -2.30. The molecule has 0 bridgehead atoms. The van der Waals surface area contributed by atoms with Crippen molar-refractivity contribution in [3.8, 4) is 10.7 Å². The van der Waals surface area contributed by atoms with E-state index >= 15 is 0 Å². The average Bonchev–Trinajstić information content (AvgIpc) is 3.09. The highest BCUT2D eigenvalue weighted by atomic mass is 35.5. The van der Waals surface area contributed by atoms with Crippen molar-refractivity contribution in [2.24, 2.45) is 0 Å². The monoisotopic (exact) mass is 415 g/mol. The number of esters is 1. The molecule has 0 radical (unpaired) electrons. The first-order valence-electron chi connectivity index (χ1n) is 8.60. The SMILES string of the molecule is Cc1nc(-c2ccccn2)sc1C(=O)OCC(=O)NCCc1cccc(Cl)c1. The van der Waals surface area contributed by atoms with Gasteiger partial charge in [-0.05, 0) is 43.2 Å². The molecule has 0 aliphatic heterocycles. The van der Waals surface area contributed by atoms with Gasteiger partial charge in [-0.1, -0.05) is 29.8 Å². The third kappa shape index (κ3) is 5.37. The molecule has 0 saturated heterocycles. The molecule has 0 aliphatic rings. The summed E-state index contributed by atoms with van der Waals surface area (Å²) in [6, 6.07) is 12.9. The first-order chi connectivity index (χ1) is 13.5. The Bertz CT molecular complexity index is 976. The number of carbonyl (C=O) groups excluding carboxylic acids is 2. The van der Waals surface area contributed by atoms with Gasteiger partial charge in [0.2, 0.25) is 0 Å². The number of amides is 1. The predicted molar refractivity (Wildman–Crippen MR) is 109 cm³/mol. The number of thiazole rings is 1. The van der Waals surface area contributed by atoms with Gasteiger partial charge < -0.3 is 10.1 Å². The molecule has 0 aliphatic carbocycles. The van der Waals surface area contributed by atoms with Gasteiger partial charge in [-0.25, -0.2) is 9.78 Å². The van der Waals surface area contributed by atoms with Crippen molar-refractivity contribution in [1.82, 2.24) is 15.3 Å². The highest BCUT2D eigenvalue weighted by Gasteiger charge is 2.19. The Morgan fingerprint density at radius 2 is 2.07 bits per heavy atom. The maximum Gasteiger partial charge on any atom is 0.350 e. The molecule has 0 spiro atoms. The van der Waals surface area contributed by atoms with E-state index in [9.17, 15) is 9.59 Å². The van der Waals surface area contributed by atoms with Gasteiger partial charge in [-0.3, -0.25) is 9.78 Å². The number of halogens is 1. The van der Waals surface area contributed by atoms with Gasteiger partial charge in [0.1, 0.15) is 9.88 Å². The quantitative estimate of drug-likeness (QED) is 0.595. The van der Waals surface area contributed by atoms with E-state index in [1.165, 1.54) is 11.3 Å². The first-order valence-corrected chi connectivity index (χ1v) is 9.79. The normalized spacial score (nSPS) is 10.5. The molecule has 1 aromatic carbocycles. The van der Waals surface area contributed by atoms with Crippen molar-refractivity contribution in [1.29, 1.82) is 0 Å². The summed E-state index contributed by atoms with van der Waals surface area (Å²) < 4.78 is 5.12. The summed E-state index contributed by atoms with van der Waals surface area (Å²) in [4.78, 5) is 33.1. The minimum absolute atomic E-state index is 0.343. The Hall–Kier alpha value is -2.77. The van der Waals surface area contributed by atoms with E-state index in [0.29, 0.717) is 39.3 Å². The second-order valence-electron chi connectivity index (χ2n) is 5.95. The van der Waals surface area contributed by atoms with Crippen LogP contribution in [-0.4, -0.2) is 35.0 Å². The fraction of sp³-hybridized carbons (Fsp3) is 0.200. The molecule has 2 aromatic heterocycles. The van der Waals surface area contributed by atoms with Crippen LogP contribution in [0, 0.1) is 6.92 Å². The lowest BCUT2D eigenvalue weighted by atomic mass is 10.1. The van der Waals surface area contributed by atoms with Gasteiger partial charge in [0.15, 0.2) is 6.61 Å². The average molecular weight is 416 g/mol. The third-order valence-corrected chi connectivity index (χ3v) is 5.22. The molecule has 0 atom stereocenters. The molecule has 0 saturated carbocycles. The number of aryl methyl sites for hydroxylation is 1. The minimum Gasteiger partial charge on any atom is -0.451 e. The lowest BCUT2D eigenvalue weighted by Gasteiger charge is -2.06. The van der Waals surface area contributed by atoms with E-state index in [2.05, 4.69) is 15.3 Å². The first kappa shape index (κ1) is 20.0. The Morgan fingerprint density at radius 3 is 2.82 bits per heavy atom. The highest BCUT2D eigenvalue weighted by molar-refractivity contribution is 7.17. The Kier molecular flexibility index (Phi) is 6.73. The number of rotatable bonds is 7. The van der Waals surface area contributed by atoms with E-state index < -0.39 is 5.97 Å². The zero-order valence-electron chi connectivity index (χ0n) is 15.1. The van der Waals surface area contributed by atoms with E-state index in [1.807, 2.05) is 36.4 Å². The summed E-state index contributed by atoms with van der Waals surface area (Å²) in [5, 5.41) is 4.01. The number of nitrogens with zero attached hydrogens (tertiary/aromatic N) is 2. The number of carbonyl (C=O) groups is 2. The van der Waals surface area contributed by atoms with Gasteiger partial charge in [-0.2, -0.15) is 0 Å². The van der Waals surface area contributed by atoms with Crippen LogP contribution in [0.3, 0.4) is 0 Å². The highest BCUT2D eigenvalue weighted by Crippen LogP contribution is 2.26. The van der Waals surface area contributed by atoms with E-state index in [1.54, 1.807) is 19.2 Å². The summed E-state index contributed by atoms with van der Waals surface area (Å²) in [5.74, 6) is -0.926. The van der Waals surface area contributed by atoms with Gasteiger partial charge in [0, 0.05) is 17.8 Å². The largest absolute Gasteiger partial charge is 0.451 e. The Balaban J connectivity index is 1.48. The molecule has 1 amide bonds.